The van der Waals surface area contributed by atoms with Crippen molar-refractivity contribution in [3.05, 3.63) is 57.4 Å². The number of thiazole rings is 1. The minimum Gasteiger partial charge on any atom is -0.308 e. The van der Waals surface area contributed by atoms with E-state index in [4.69, 9.17) is 0 Å². The fraction of sp³-hybridized carbons (Fsp3) is 0.222. The van der Waals surface area contributed by atoms with Crippen LogP contribution >= 0.6 is 33.9 Å². The van der Waals surface area contributed by atoms with Gasteiger partial charge < -0.3 is 4.90 Å². The van der Waals surface area contributed by atoms with Crippen molar-refractivity contribution in [3.8, 4) is 0 Å². The van der Waals surface area contributed by atoms with Crippen molar-refractivity contribution >= 4 is 55.2 Å². The lowest BCUT2D eigenvalue weighted by Crippen LogP contribution is -2.37. The number of nitrogens with zero attached hydrogens (tertiary/aromatic N) is 3. The molecule has 1 amide bonds. The van der Waals surface area contributed by atoms with Gasteiger partial charge in [-0.3, -0.25) is 9.69 Å². The number of aromatic nitrogens is 1. The van der Waals surface area contributed by atoms with E-state index in [-0.39, 0.29) is 11.7 Å². The van der Waals surface area contributed by atoms with Crippen LogP contribution < -0.4 is 4.90 Å². The number of anilines is 1. The first-order valence-electron chi connectivity index (χ1n) is 7.73. The van der Waals surface area contributed by atoms with Crippen molar-refractivity contribution in [2.75, 3.05) is 32.1 Å². The van der Waals surface area contributed by atoms with E-state index in [1.54, 1.807) is 17.0 Å². The summed E-state index contributed by atoms with van der Waals surface area (Å²) in [6, 6.07) is 12.3. The normalized spacial score (nSPS) is 11.2. The van der Waals surface area contributed by atoms with Crippen molar-refractivity contribution < 1.29 is 9.18 Å². The van der Waals surface area contributed by atoms with Crippen molar-refractivity contribution in [3.63, 3.8) is 0 Å². The zero-order chi connectivity index (χ0) is 18.0. The van der Waals surface area contributed by atoms with Gasteiger partial charge in [0.15, 0.2) is 5.13 Å². The second kappa shape index (κ2) is 7.76. The van der Waals surface area contributed by atoms with Crippen LogP contribution in [0.1, 0.15) is 10.4 Å². The van der Waals surface area contributed by atoms with Gasteiger partial charge in [-0.05, 0) is 61.0 Å². The summed E-state index contributed by atoms with van der Waals surface area (Å²) in [5, 5.41) is 0.520. The Kier molecular flexibility index (Phi) is 5.65. The summed E-state index contributed by atoms with van der Waals surface area (Å²) in [6.07, 6.45) is 0. The second-order valence-corrected chi connectivity index (χ2v) is 7.99. The molecule has 7 heteroatoms. The van der Waals surface area contributed by atoms with Gasteiger partial charge in [-0.2, -0.15) is 0 Å². The van der Waals surface area contributed by atoms with Crippen molar-refractivity contribution in [1.29, 1.82) is 0 Å². The Morgan fingerprint density at radius 1 is 1.16 bits per heavy atom. The lowest BCUT2D eigenvalue weighted by molar-refractivity contribution is 0.0984. The molecule has 4 nitrogen and oxygen atoms in total. The number of fused-ring (bicyclic) bond motifs is 1. The Labute approximate surface area is 163 Å². The summed E-state index contributed by atoms with van der Waals surface area (Å²) in [5.74, 6) is -0.486. The minimum atomic E-state index is -0.366. The molecule has 0 aliphatic heterocycles. The molecule has 25 heavy (non-hydrogen) atoms. The van der Waals surface area contributed by atoms with Gasteiger partial charge in [-0.1, -0.05) is 29.5 Å². The summed E-state index contributed by atoms with van der Waals surface area (Å²) < 4.78 is 15.6. The van der Waals surface area contributed by atoms with E-state index in [9.17, 15) is 9.18 Å². The Bertz CT molecular complexity index is 912. The topological polar surface area (TPSA) is 36.4 Å². The highest BCUT2D eigenvalue weighted by molar-refractivity contribution is 14.1. The SMILES string of the molecule is CN(C)CCN(C(=O)c1ccccc1I)c1nc2c(F)cccc2s1. The largest absolute Gasteiger partial charge is 0.308 e. The summed E-state index contributed by atoms with van der Waals surface area (Å²) in [5.41, 5.74) is 0.939. The molecule has 1 heterocycles. The van der Waals surface area contributed by atoms with Gasteiger partial charge in [-0.25, -0.2) is 9.37 Å². The van der Waals surface area contributed by atoms with Crippen LogP contribution in [-0.2, 0) is 0 Å². The molecule has 3 rings (SSSR count). The molecule has 0 aliphatic carbocycles. The van der Waals surface area contributed by atoms with Crippen LogP contribution in [0, 0.1) is 9.39 Å². The molecule has 0 N–H and O–H groups in total. The number of benzene rings is 2. The molecule has 0 bridgehead atoms. The maximum Gasteiger partial charge on any atom is 0.261 e. The van der Waals surface area contributed by atoms with Gasteiger partial charge in [0.2, 0.25) is 0 Å². The fourth-order valence-electron chi connectivity index (χ4n) is 2.38. The first-order valence-corrected chi connectivity index (χ1v) is 9.63. The first kappa shape index (κ1) is 18.2. The van der Waals surface area contributed by atoms with Crippen LogP contribution in [0.3, 0.4) is 0 Å². The third kappa shape index (κ3) is 3.99. The third-order valence-electron chi connectivity index (χ3n) is 3.71. The van der Waals surface area contributed by atoms with E-state index in [0.717, 1.165) is 8.27 Å². The summed E-state index contributed by atoms with van der Waals surface area (Å²) in [6.45, 7) is 1.17. The van der Waals surface area contributed by atoms with E-state index in [0.29, 0.717) is 29.3 Å². The van der Waals surface area contributed by atoms with Crippen LogP contribution in [-0.4, -0.2) is 43.0 Å². The first-order chi connectivity index (χ1) is 12.0. The van der Waals surface area contributed by atoms with E-state index < -0.39 is 0 Å². The number of hydrogen-bond donors (Lipinski definition) is 0. The van der Waals surface area contributed by atoms with Gasteiger partial charge in [0, 0.05) is 16.7 Å². The molecule has 2 aromatic carbocycles. The highest BCUT2D eigenvalue weighted by atomic mass is 127. The van der Waals surface area contributed by atoms with E-state index in [1.807, 2.05) is 43.3 Å². The lowest BCUT2D eigenvalue weighted by Gasteiger charge is -2.22. The molecule has 0 atom stereocenters. The second-order valence-electron chi connectivity index (χ2n) is 5.82. The number of amides is 1. The Balaban J connectivity index is 2.03. The molecule has 0 aliphatic rings. The van der Waals surface area contributed by atoms with Gasteiger partial charge in [-0.15, -0.1) is 0 Å². The van der Waals surface area contributed by atoms with Crippen LogP contribution in [0.15, 0.2) is 42.5 Å². The minimum absolute atomic E-state index is 0.119. The highest BCUT2D eigenvalue weighted by Crippen LogP contribution is 2.31. The van der Waals surface area contributed by atoms with Gasteiger partial charge >= 0.3 is 0 Å². The summed E-state index contributed by atoms with van der Waals surface area (Å²) in [7, 11) is 3.90. The zero-order valence-corrected chi connectivity index (χ0v) is 16.8. The monoisotopic (exact) mass is 469 g/mol. The van der Waals surface area contributed by atoms with Crippen LogP contribution in [0.25, 0.3) is 10.2 Å². The molecular weight excluding hydrogens is 452 g/mol. The number of carbonyl (C=O) groups excluding carboxylic acids is 1. The van der Waals surface area contributed by atoms with Crippen molar-refractivity contribution in [1.82, 2.24) is 9.88 Å². The molecule has 0 spiro atoms. The molecule has 0 saturated heterocycles. The van der Waals surface area contributed by atoms with Crippen LogP contribution in [0.5, 0.6) is 0 Å². The summed E-state index contributed by atoms with van der Waals surface area (Å²) in [4.78, 5) is 21.2. The van der Waals surface area contributed by atoms with Crippen LogP contribution in [0.2, 0.25) is 0 Å². The quantitative estimate of drug-likeness (QED) is 0.525. The number of hydrogen-bond acceptors (Lipinski definition) is 4. The van der Waals surface area contributed by atoms with E-state index >= 15 is 0 Å². The van der Waals surface area contributed by atoms with E-state index in [1.165, 1.54) is 17.4 Å². The van der Waals surface area contributed by atoms with Crippen LogP contribution in [0.4, 0.5) is 9.52 Å². The van der Waals surface area contributed by atoms with Crippen molar-refractivity contribution in [2.45, 2.75) is 0 Å². The smallest absolute Gasteiger partial charge is 0.261 e. The molecule has 0 unspecified atom stereocenters. The number of para-hydroxylation sites is 1. The predicted octanol–water partition coefficient (Wildman–Crippen LogP) is 4.25. The van der Waals surface area contributed by atoms with Crippen molar-refractivity contribution in [2.24, 2.45) is 0 Å². The number of rotatable bonds is 5. The van der Waals surface area contributed by atoms with Gasteiger partial charge in [0.1, 0.15) is 11.3 Å². The highest BCUT2D eigenvalue weighted by Gasteiger charge is 2.23. The average Bonchev–Trinajstić information content (AvgIpc) is 3.00. The number of halogens is 2. The molecule has 0 saturated carbocycles. The Morgan fingerprint density at radius 2 is 1.92 bits per heavy atom. The number of likely N-dealkylation sites (N-methyl/N-ethyl adjacent to an activating group) is 1. The standard InChI is InChI=1S/C18H17FIN3OS/c1-22(2)10-11-23(17(24)12-6-3-4-8-14(12)20)18-21-16-13(19)7-5-9-15(16)25-18/h3-9H,10-11H2,1-2H3. The fourth-order valence-corrected chi connectivity index (χ4v) is 4.01. The molecule has 0 radical (unpaired) electrons. The molecule has 0 fully saturated rings. The maximum absolute atomic E-state index is 14.0. The molecule has 3 aromatic rings. The number of carbonyl (C=O) groups is 1. The lowest BCUT2D eigenvalue weighted by atomic mass is 10.2. The molecular formula is C18H17FIN3OS. The Morgan fingerprint density at radius 3 is 2.60 bits per heavy atom. The summed E-state index contributed by atoms with van der Waals surface area (Å²) >= 11 is 3.49. The average molecular weight is 469 g/mol. The Hall–Kier alpha value is -1.58. The van der Waals surface area contributed by atoms with E-state index in [2.05, 4.69) is 27.6 Å². The third-order valence-corrected chi connectivity index (χ3v) is 5.69. The maximum atomic E-state index is 14.0. The molecule has 1 aromatic heterocycles. The van der Waals surface area contributed by atoms with Gasteiger partial charge in [0.25, 0.3) is 5.91 Å². The zero-order valence-electron chi connectivity index (χ0n) is 13.9. The van der Waals surface area contributed by atoms with Gasteiger partial charge in [0.05, 0.1) is 10.3 Å². The molecule has 130 valence electrons. The predicted molar refractivity (Wildman–Crippen MR) is 109 cm³/mol.